The van der Waals surface area contributed by atoms with Crippen molar-refractivity contribution in [1.82, 2.24) is 19.4 Å². The average molecular weight is 391 g/mol. The summed E-state index contributed by atoms with van der Waals surface area (Å²) in [7, 11) is 0. The molecular weight excluding hydrogens is 368 g/mol. The molecule has 0 aliphatic rings. The molecule has 1 aromatic carbocycles. The van der Waals surface area contributed by atoms with Crippen molar-refractivity contribution >= 4 is 28.4 Å². The molecule has 1 amide bonds. The van der Waals surface area contributed by atoms with Crippen molar-refractivity contribution < 1.29 is 4.79 Å². The molecule has 3 heterocycles. The molecule has 0 spiro atoms. The summed E-state index contributed by atoms with van der Waals surface area (Å²) in [5.41, 5.74) is 3.56. The number of pyridine rings is 1. The summed E-state index contributed by atoms with van der Waals surface area (Å²) in [5, 5.41) is 3.83. The molecule has 3 aromatic heterocycles. The van der Waals surface area contributed by atoms with E-state index in [-0.39, 0.29) is 5.91 Å². The Morgan fingerprint density at radius 1 is 1.11 bits per heavy atom. The van der Waals surface area contributed by atoms with Gasteiger partial charge in [-0.25, -0.2) is 9.97 Å². The van der Waals surface area contributed by atoms with Crippen molar-refractivity contribution in [1.29, 1.82) is 0 Å². The van der Waals surface area contributed by atoms with Crippen molar-refractivity contribution in [2.75, 3.05) is 0 Å². The number of carbonyl (C=O) groups is 1. The molecule has 0 bridgehead atoms. The number of rotatable bonds is 7. The molecule has 6 heteroatoms. The number of benzene rings is 1. The van der Waals surface area contributed by atoms with Gasteiger partial charge in [0.15, 0.2) is 5.65 Å². The zero-order chi connectivity index (χ0) is 19.3. The first-order valence-electron chi connectivity index (χ1n) is 9.41. The van der Waals surface area contributed by atoms with Gasteiger partial charge in [-0.1, -0.05) is 37.3 Å². The number of thiophene rings is 1. The average Bonchev–Trinajstić information content (AvgIpc) is 3.37. The van der Waals surface area contributed by atoms with E-state index in [2.05, 4.69) is 16.5 Å². The molecule has 4 rings (SSSR count). The minimum Gasteiger partial charge on any atom is -0.327 e. The number of imidazole rings is 1. The maximum Gasteiger partial charge on any atom is 0.255 e. The zero-order valence-electron chi connectivity index (χ0n) is 15.8. The Morgan fingerprint density at radius 3 is 2.71 bits per heavy atom. The Kier molecular flexibility index (Phi) is 5.48. The van der Waals surface area contributed by atoms with Gasteiger partial charge in [-0.05, 0) is 35.6 Å². The Balaban J connectivity index is 1.70. The molecule has 0 fully saturated rings. The molecule has 0 N–H and O–H groups in total. The summed E-state index contributed by atoms with van der Waals surface area (Å²) >= 11 is 1.53. The molecular formula is C22H22N4OS. The van der Waals surface area contributed by atoms with Gasteiger partial charge in [0.1, 0.15) is 11.3 Å². The molecule has 28 heavy (non-hydrogen) atoms. The van der Waals surface area contributed by atoms with Gasteiger partial charge < -0.3 is 9.47 Å². The van der Waals surface area contributed by atoms with Gasteiger partial charge in [0.2, 0.25) is 0 Å². The molecule has 5 nitrogen and oxygen atoms in total. The quantitative estimate of drug-likeness (QED) is 0.458. The Labute approximate surface area is 168 Å². The van der Waals surface area contributed by atoms with E-state index < -0.39 is 0 Å². The summed E-state index contributed by atoms with van der Waals surface area (Å²) < 4.78 is 2.13. The smallest absolute Gasteiger partial charge is 0.255 e. The number of amides is 1. The molecule has 142 valence electrons. The topological polar surface area (TPSA) is 51.0 Å². The van der Waals surface area contributed by atoms with Gasteiger partial charge in [-0.2, -0.15) is 11.3 Å². The molecule has 0 atom stereocenters. The second-order valence-corrected chi connectivity index (χ2v) is 7.46. The second kappa shape index (κ2) is 8.35. The molecule has 0 radical (unpaired) electrons. The number of hydrogen-bond acceptors (Lipinski definition) is 4. The highest BCUT2D eigenvalue weighted by molar-refractivity contribution is 7.08. The SMILES string of the molecule is CCCn1c(CN(Cc2ccccc2)C(=O)c2ccsc2)nc2cccnc21. The van der Waals surface area contributed by atoms with Gasteiger partial charge in [-0.15, -0.1) is 0 Å². The lowest BCUT2D eigenvalue weighted by Gasteiger charge is -2.23. The third-order valence-electron chi connectivity index (χ3n) is 4.63. The minimum absolute atomic E-state index is 0.0215. The first kappa shape index (κ1) is 18.4. The van der Waals surface area contributed by atoms with Gasteiger partial charge in [0.25, 0.3) is 5.91 Å². The van der Waals surface area contributed by atoms with Crippen molar-refractivity contribution in [3.8, 4) is 0 Å². The van der Waals surface area contributed by atoms with Crippen LogP contribution in [0.3, 0.4) is 0 Å². The molecule has 0 saturated heterocycles. The van der Waals surface area contributed by atoms with Crippen LogP contribution in [0.5, 0.6) is 0 Å². The summed E-state index contributed by atoms with van der Waals surface area (Å²) in [4.78, 5) is 24.3. The van der Waals surface area contributed by atoms with Crippen LogP contribution in [-0.2, 0) is 19.6 Å². The van der Waals surface area contributed by atoms with Crippen molar-refractivity contribution in [3.05, 3.63) is 82.4 Å². The van der Waals surface area contributed by atoms with E-state index in [1.165, 1.54) is 11.3 Å². The first-order chi connectivity index (χ1) is 13.8. The number of fused-ring (bicyclic) bond motifs is 1. The number of nitrogens with zero attached hydrogens (tertiary/aromatic N) is 4. The highest BCUT2D eigenvalue weighted by Crippen LogP contribution is 2.19. The van der Waals surface area contributed by atoms with Crippen LogP contribution in [0.2, 0.25) is 0 Å². The predicted molar refractivity (Wildman–Crippen MR) is 112 cm³/mol. The fourth-order valence-electron chi connectivity index (χ4n) is 3.33. The van der Waals surface area contributed by atoms with E-state index in [0.29, 0.717) is 13.1 Å². The van der Waals surface area contributed by atoms with E-state index in [0.717, 1.165) is 41.1 Å². The number of aryl methyl sites for hydroxylation is 1. The Bertz CT molecular complexity index is 1060. The lowest BCUT2D eigenvalue weighted by Crippen LogP contribution is -2.31. The summed E-state index contributed by atoms with van der Waals surface area (Å²) in [6.07, 6.45) is 2.77. The van der Waals surface area contributed by atoms with E-state index in [9.17, 15) is 4.79 Å². The fourth-order valence-corrected chi connectivity index (χ4v) is 3.96. The second-order valence-electron chi connectivity index (χ2n) is 6.68. The van der Waals surface area contributed by atoms with E-state index >= 15 is 0 Å². The molecule has 0 unspecified atom stereocenters. The van der Waals surface area contributed by atoms with Gasteiger partial charge in [0, 0.05) is 24.7 Å². The normalized spacial score (nSPS) is 11.0. The van der Waals surface area contributed by atoms with Gasteiger partial charge in [-0.3, -0.25) is 4.79 Å². The highest BCUT2D eigenvalue weighted by Gasteiger charge is 2.21. The van der Waals surface area contributed by atoms with Crippen LogP contribution in [0, 0.1) is 0 Å². The molecule has 0 saturated carbocycles. The Morgan fingerprint density at radius 2 is 1.96 bits per heavy atom. The van der Waals surface area contributed by atoms with Crippen molar-refractivity contribution in [3.63, 3.8) is 0 Å². The van der Waals surface area contributed by atoms with E-state index in [1.807, 2.05) is 64.2 Å². The highest BCUT2D eigenvalue weighted by atomic mass is 32.1. The third kappa shape index (κ3) is 3.82. The van der Waals surface area contributed by atoms with E-state index in [4.69, 9.17) is 4.98 Å². The first-order valence-corrected chi connectivity index (χ1v) is 10.4. The summed E-state index contributed by atoms with van der Waals surface area (Å²) in [5.74, 6) is 0.892. The van der Waals surface area contributed by atoms with Gasteiger partial charge >= 0.3 is 0 Å². The zero-order valence-corrected chi connectivity index (χ0v) is 16.6. The number of carbonyl (C=O) groups excluding carboxylic acids is 1. The van der Waals surface area contributed by atoms with Crippen LogP contribution < -0.4 is 0 Å². The Hall–Kier alpha value is -2.99. The van der Waals surface area contributed by atoms with Crippen LogP contribution in [0.1, 0.15) is 35.1 Å². The third-order valence-corrected chi connectivity index (χ3v) is 5.32. The standard InChI is InChI=1S/C22H22N4OS/c1-2-12-26-20(24-19-9-6-11-23-21(19)26)15-25(14-17-7-4-3-5-8-17)22(27)18-10-13-28-16-18/h3-11,13,16H,2,12,14-15H2,1H3. The van der Waals surface area contributed by atoms with Crippen LogP contribution in [-0.4, -0.2) is 25.3 Å². The number of aromatic nitrogens is 3. The lowest BCUT2D eigenvalue weighted by atomic mass is 10.2. The molecule has 0 aliphatic carbocycles. The van der Waals surface area contributed by atoms with E-state index in [1.54, 1.807) is 6.20 Å². The molecule has 4 aromatic rings. The minimum atomic E-state index is 0.0215. The monoisotopic (exact) mass is 390 g/mol. The largest absolute Gasteiger partial charge is 0.327 e. The number of hydrogen-bond donors (Lipinski definition) is 0. The molecule has 0 aliphatic heterocycles. The maximum absolute atomic E-state index is 13.2. The van der Waals surface area contributed by atoms with Crippen LogP contribution in [0.25, 0.3) is 11.2 Å². The lowest BCUT2D eigenvalue weighted by molar-refractivity contribution is 0.0724. The van der Waals surface area contributed by atoms with Crippen molar-refractivity contribution in [2.24, 2.45) is 0 Å². The maximum atomic E-state index is 13.2. The van der Waals surface area contributed by atoms with Gasteiger partial charge in [0.05, 0.1) is 12.1 Å². The summed E-state index contributed by atoms with van der Waals surface area (Å²) in [6.45, 7) is 3.95. The fraction of sp³-hybridized carbons (Fsp3) is 0.227. The van der Waals surface area contributed by atoms with Crippen molar-refractivity contribution in [2.45, 2.75) is 33.0 Å². The summed E-state index contributed by atoms with van der Waals surface area (Å²) in [6, 6.07) is 15.8. The van der Waals surface area contributed by atoms with Crippen LogP contribution in [0.4, 0.5) is 0 Å². The predicted octanol–water partition coefficient (Wildman–Crippen LogP) is 4.75. The van der Waals surface area contributed by atoms with Crippen LogP contribution >= 0.6 is 11.3 Å². The van der Waals surface area contributed by atoms with Crippen LogP contribution in [0.15, 0.2) is 65.5 Å².